The Morgan fingerprint density at radius 1 is 1.19 bits per heavy atom. The molecule has 7 nitrogen and oxygen atoms in total. The van der Waals surface area contributed by atoms with Crippen molar-refractivity contribution < 1.29 is 14.3 Å². The van der Waals surface area contributed by atoms with Crippen LogP contribution in [0.5, 0.6) is 11.5 Å². The van der Waals surface area contributed by atoms with Gasteiger partial charge in [-0.3, -0.25) is 9.78 Å². The first-order chi connectivity index (χ1) is 12.7. The zero-order chi connectivity index (χ0) is 18.1. The lowest BCUT2D eigenvalue weighted by Gasteiger charge is -2.23. The van der Waals surface area contributed by atoms with Crippen molar-refractivity contribution in [3.8, 4) is 11.5 Å². The molecule has 0 amide bonds. The van der Waals surface area contributed by atoms with Gasteiger partial charge in [-0.1, -0.05) is 0 Å². The van der Waals surface area contributed by atoms with Crippen molar-refractivity contribution in [3.63, 3.8) is 0 Å². The number of fused-ring (bicyclic) bond motifs is 2. The number of nitrogens with zero attached hydrogens (tertiary/aromatic N) is 3. The number of hydrogen-bond acceptors (Lipinski definition) is 7. The number of hydrazone groups is 1. The fourth-order valence-electron chi connectivity index (χ4n) is 2.94. The van der Waals surface area contributed by atoms with Gasteiger partial charge in [0.1, 0.15) is 0 Å². The van der Waals surface area contributed by atoms with Crippen molar-refractivity contribution >= 4 is 40.5 Å². The standard InChI is InChI=1S/C19H16N4O3/c1-12-10-21-16-4-2-13(20)8-15(16)19(12)23(22-6-7-24)14-3-5-17-18(9-14)26-11-25-17/h2-10H,11,20H2,1H3/b22-6+. The summed E-state index contributed by atoms with van der Waals surface area (Å²) in [6.07, 6.45) is 3.60. The molecule has 0 fully saturated rings. The first-order valence-electron chi connectivity index (χ1n) is 8.00. The minimum atomic E-state index is 0.185. The Kier molecular flexibility index (Phi) is 3.89. The maximum absolute atomic E-state index is 10.9. The van der Waals surface area contributed by atoms with E-state index in [-0.39, 0.29) is 6.79 Å². The van der Waals surface area contributed by atoms with E-state index in [2.05, 4.69) is 10.1 Å². The Hall–Kier alpha value is -3.61. The van der Waals surface area contributed by atoms with E-state index in [4.69, 9.17) is 15.2 Å². The molecule has 0 bridgehead atoms. The molecule has 0 saturated heterocycles. The fourth-order valence-corrected chi connectivity index (χ4v) is 2.94. The summed E-state index contributed by atoms with van der Waals surface area (Å²) in [5, 5.41) is 6.84. The van der Waals surface area contributed by atoms with Crippen LogP contribution in [0.4, 0.5) is 17.1 Å². The van der Waals surface area contributed by atoms with Crippen LogP contribution in [0.25, 0.3) is 10.9 Å². The summed E-state index contributed by atoms with van der Waals surface area (Å²) in [5.74, 6) is 1.30. The number of hydrogen-bond donors (Lipinski definition) is 1. The summed E-state index contributed by atoms with van der Waals surface area (Å²) in [7, 11) is 0. The second kappa shape index (κ2) is 6.36. The van der Waals surface area contributed by atoms with E-state index in [0.29, 0.717) is 23.5 Å². The predicted octanol–water partition coefficient (Wildman–Crippen LogP) is 3.18. The monoisotopic (exact) mass is 348 g/mol. The van der Waals surface area contributed by atoms with E-state index in [1.165, 1.54) is 6.21 Å². The first kappa shape index (κ1) is 15.9. The number of nitrogen functional groups attached to an aromatic ring is 1. The van der Waals surface area contributed by atoms with Crippen LogP contribution >= 0.6 is 0 Å². The lowest BCUT2D eigenvalue weighted by Crippen LogP contribution is -2.12. The molecule has 1 aliphatic rings. The van der Waals surface area contributed by atoms with Gasteiger partial charge in [0.05, 0.1) is 23.1 Å². The van der Waals surface area contributed by atoms with E-state index in [1.807, 2.05) is 37.3 Å². The van der Waals surface area contributed by atoms with Crippen molar-refractivity contribution in [1.82, 2.24) is 4.98 Å². The van der Waals surface area contributed by atoms with Crippen molar-refractivity contribution in [2.24, 2.45) is 5.10 Å². The highest BCUT2D eigenvalue weighted by Crippen LogP contribution is 2.40. The SMILES string of the molecule is Cc1cnc2ccc(N)cc2c1N(/N=C/C=O)c1ccc2c(c1)OCO2. The Labute approximate surface area is 149 Å². The first-order valence-corrected chi connectivity index (χ1v) is 8.00. The van der Waals surface area contributed by atoms with E-state index < -0.39 is 0 Å². The van der Waals surface area contributed by atoms with Crippen LogP contribution in [-0.2, 0) is 4.79 Å². The number of pyridine rings is 1. The number of aldehydes is 1. The molecular formula is C19H16N4O3. The molecule has 130 valence electrons. The van der Waals surface area contributed by atoms with Crippen molar-refractivity contribution in [2.45, 2.75) is 6.92 Å². The molecule has 7 heteroatoms. The van der Waals surface area contributed by atoms with Gasteiger partial charge in [-0.25, -0.2) is 5.01 Å². The zero-order valence-corrected chi connectivity index (χ0v) is 14.0. The summed E-state index contributed by atoms with van der Waals surface area (Å²) in [6.45, 7) is 2.12. The molecule has 1 aliphatic heterocycles. The van der Waals surface area contributed by atoms with Crippen LogP contribution in [0.2, 0.25) is 0 Å². The van der Waals surface area contributed by atoms with Crippen LogP contribution in [0.3, 0.4) is 0 Å². The number of rotatable bonds is 4. The third-order valence-electron chi connectivity index (χ3n) is 4.10. The normalized spacial score (nSPS) is 12.7. The second-order valence-corrected chi connectivity index (χ2v) is 5.82. The zero-order valence-electron chi connectivity index (χ0n) is 14.0. The number of anilines is 3. The highest BCUT2D eigenvalue weighted by molar-refractivity contribution is 6.13. The molecule has 1 aromatic heterocycles. The summed E-state index contributed by atoms with van der Waals surface area (Å²) in [4.78, 5) is 15.4. The Morgan fingerprint density at radius 3 is 2.88 bits per heavy atom. The van der Waals surface area contributed by atoms with Gasteiger partial charge in [-0.15, -0.1) is 0 Å². The molecule has 0 radical (unpaired) electrons. The van der Waals surface area contributed by atoms with Crippen LogP contribution in [0.1, 0.15) is 5.56 Å². The quantitative estimate of drug-likeness (QED) is 0.337. The average molecular weight is 348 g/mol. The van der Waals surface area contributed by atoms with Crippen LogP contribution in [0.15, 0.2) is 47.7 Å². The van der Waals surface area contributed by atoms with E-state index in [1.54, 1.807) is 17.3 Å². The lowest BCUT2D eigenvalue weighted by atomic mass is 10.1. The number of carbonyl (C=O) groups is 1. The van der Waals surface area contributed by atoms with Crippen molar-refractivity contribution in [2.75, 3.05) is 17.5 Å². The molecule has 0 unspecified atom stereocenters. The second-order valence-electron chi connectivity index (χ2n) is 5.82. The molecule has 0 spiro atoms. The van der Waals surface area contributed by atoms with E-state index in [0.717, 1.165) is 27.8 Å². The summed E-state index contributed by atoms with van der Waals surface area (Å²) in [6, 6.07) is 11.0. The molecule has 2 N–H and O–H groups in total. The smallest absolute Gasteiger partial charge is 0.231 e. The molecule has 0 atom stereocenters. The number of carbonyl (C=O) groups excluding carboxylic acids is 1. The highest BCUT2D eigenvalue weighted by Gasteiger charge is 2.20. The Morgan fingerprint density at radius 2 is 2.04 bits per heavy atom. The Balaban J connectivity index is 1.94. The molecule has 2 heterocycles. The maximum atomic E-state index is 10.9. The number of nitrogens with two attached hydrogens (primary N) is 1. The van der Waals surface area contributed by atoms with Gasteiger partial charge in [0.2, 0.25) is 6.79 Å². The summed E-state index contributed by atoms with van der Waals surface area (Å²) in [5.41, 5.74) is 9.79. The molecule has 2 aromatic carbocycles. The number of benzene rings is 2. The van der Waals surface area contributed by atoms with E-state index in [9.17, 15) is 4.79 Å². The molecular weight excluding hydrogens is 332 g/mol. The summed E-state index contributed by atoms with van der Waals surface area (Å²) < 4.78 is 10.8. The summed E-state index contributed by atoms with van der Waals surface area (Å²) >= 11 is 0. The Bertz CT molecular complexity index is 1030. The van der Waals surface area contributed by atoms with Gasteiger partial charge < -0.3 is 15.2 Å². The van der Waals surface area contributed by atoms with Gasteiger partial charge in [0, 0.05) is 23.3 Å². The largest absolute Gasteiger partial charge is 0.454 e. The van der Waals surface area contributed by atoms with E-state index >= 15 is 0 Å². The number of ether oxygens (including phenoxy) is 2. The third kappa shape index (κ3) is 2.69. The molecule has 0 aliphatic carbocycles. The molecule has 26 heavy (non-hydrogen) atoms. The van der Waals surface area contributed by atoms with Crippen LogP contribution < -0.4 is 20.2 Å². The number of aromatic nitrogens is 1. The van der Waals surface area contributed by atoms with Crippen molar-refractivity contribution in [1.29, 1.82) is 0 Å². The topological polar surface area (TPSA) is 90.0 Å². The van der Waals surface area contributed by atoms with Crippen LogP contribution in [-0.4, -0.2) is 24.3 Å². The van der Waals surface area contributed by atoms with Gasteiger partial charge in [-0.05, 0) is 42.8 Å². The van der Waals surface area contributed by atoms with Gasteiger partial charge >= 0.3 is 0 Å². The van der Waals surface area contributed by atoms with Crippen LogP contribution in [0, 0.1) is 6.92 Å². The fraction of sp³-hybridized carbons (Fsp3) is 0.105. The van der Waals surface area contributed by atoms with Gasteiger partial charge in [0.15, 0.2) is 17.8 Å². The maximum Gasteiger partial charge on any atom is 0.231 e. The van der Waals surface area contributed by atoms with Gasteiger partial charge in [-0.2, -0.15) is 5.10 Å². The minimum Gasteiger partial charge on any atom is -0.454 e. The number of aryl methyl sites for hydroxylation is 1. The average Bonchev–Trinajstić information content (AvgIpc) is 3.11. The molecule has 3 aromatic rings. The third-order valence-corrected chi connectivity index (χ3v) is 4.10. The molecule has 4 rings (SSSR count). The molecule has 0 saturated carbocycles. The van der Waals surface area contributed by atoms with Crippen molar-refractivity contribution in [3.05, 3.63) is 48.2 Å². The predicted molar refractivity (Wildman–Crippen MR) is 100 cm³/mol. The minimum absolute atomic E-state index is 0.185. The van der Waals surface area contributed by atoms with Gasteiger partial charge in [0.25, 0.3) is 0 Å². The highest BCUT2D eigenvalue weighted by atomic mass is 16.7. The lowest BCUT2D eigenvalue weighted by molar-refractivity contribution is -0.102.